The maximum atomic E-state index is 12.7. The summed E-state index contributed by atoms with van der Waals surface area (Å²) in [6.07, 6.45) is -4.62. The van der Waals surface area contributed by atoms with Gasteiger partial charge in [0.2, 0.25) is 4.96 Å². The Bertz CT molecular complexity index is 795. The second-order valence-electron chi connectivity index (χ2n) is 3.72. The Hall–Kier alpha value is -1.38. The van der Waals surface area contributed by atoms with Crippen LogP contribution in [-0.2, 0) is 6.18 Å². The highest BCUT2D eigenvalue weighted by atomic mass is 35.5. The Morgan fingerprint density at radius 1 is 1.15 bits per heavy atom. The van der Waals surface area contributed by atoms with E-state index in [1.807, 2.05) is 0 Å². The van der Waals surface area contributed by atoms with Gasteiger partial charge in [0, 0.05) is 5.56 Å². The van der Waals surface area contributed by atoms with Gasteiger partial charge in [-0.15, -0.1) is 10.2 Å². The largest absolute Gasteiger partial charge is 0.453 e. The van der Waals surface area contributed by atoms with Gasteiger partial charge >= 0.3 is 6.18 Å². The van der Waals surface area contributed by atoms with Gasteiger partial charge < -0.3 is 0 Å². The zero-order valence-corrected chi connectivity index (χ0v) is 11.6. The molecule has 10 heteroatoms. The maximum absolute atomic E-state index is 12.7. The number of hydrogen-bond donors (Lipinski definition) is 0. The number of aromatic nitrogens is 4. The average molecular weight is 339 g/mol. The fourth-order valence-electron chi connectivity index (χ4n) is 1.57. The quantitative estimate of drug-likeness (QED) is 0.668. The third kappa shape index (κ3) is 2.13. The Morgan fingerprint density at radius 3 is 2.60 bits per heavy atom. The fourth-order valence-corrected chi connectivity index (χ4v) is 2.89. The summed E-state index contributed by atoms with van der Waals surface area (Å²) in [5.41, 5.74) is 0.447. The third-order valence-corrected chi connectivity index (χ3v) is 4.18. The van der Waals surface area contributed by atoms with Crippen LogP contribution in [0.25, 0.3) is 15.5 Å². The smallest absolute Gasteiger partial charge is 0.178 e. The number of rotatable bonds is 1. The van der Waals surface area contributed by atoms with Crippen LogP contribution in [0, 0.1) is 0 Å². The monoisotopic (exact) mass is 338 g/mol. The van der Waals surface area contributed by atoms with Crippen molar-refractivity contribution >= 4 is 39.5 Å². The van der Waals surface area contributed by atoms with E-state index in [4.69, 9.17) is 23.2 Å². The van der Waals surface area contributed by atoms with Gasteiger partial charge in [0.25, 0.3) is 5.82 Å². The van der Waals surface area contributed by atoms with Gasteiger partial charge in [-0.05, 0) is 6.07 Å². The molecule has 2 heterocycles. The van der Waals surface area contributed by atoms with Crippen molar-refractivity contribution in [1.82, 2.24) is 19.8 Å². The van der Waals surface area contributed by atoms with Crippen molar-refractivity contribution in [2.24, 2.45) is 0 Å². The van der Waals surface area contributed by atoms with Gasteiger partial charge in [-0.25, -0.2) is 0 Å². The van der Waals surface area contributed by atoms with Crippen molar-refractivity contribution in [2.45, 2.75) is 6.18 Å². The van der Waals surface area contributed by atoms with Crippen LogP contribution in [0.4, 0.5) is 13.2 Å². The molecule has 0 radical (unpaired) electrons. The van der Waals surface area contributed by atoms with Crippen molar-refractivity contribution in [3.05, 3.63) is 34.1 Å². The molecule has 0 aliphatic rings. The van der Waals surface area contributed by atoms with Gasteiger partial charge in [0.15, 0.2) is 0 Å². The lowest BCUT2D eigenvalue weighted by atomic mass is 10.2. The Balaban J connectivity index is 2.19. The number of nitrogens with zero attached hydrogens (tertiary/aromatic N) is 4. The minimum absolute atomic E-state index is 0.0309. The minimum atomic E-state index is -4.62. The van der Waals surface area contributed by atoms with E-state index in [1.54, 1.807) is 18.2 Å². The van der Waals surface area contributed by atoms with E-state index < -0.39 is 12.0 Å². The lowest BCUT2D eigenvalue weighted by Gasteiger charge is -2.02. The van der Waals surface area contributed by atoms with Gasteiger partial charge in [0.05, 0.1) is 10.0 Å². The number of alkyl halides is 3. The fraction of sp³-hybridized carbons (Fsp3) is 0.100. The van der Waals surface area contributed by atoms with Crippen molar-refractivity contribution < 1.29 is 13.2 Å². The van der Waals surface area contributed by atoms with Crippen molar-refractivity contribution in [1.29, 1.82) is 0 Å². The Labute approximate surface area is 123 Å². The Morgan fingerprint density at radius 2 is 1.90 bits per heavy atom. The highest BCUT2D eigenvalue weighted by molar-refractivity contribution is 7.19. The van der Waals surface area contributed by atoms with Crippen LogP contribution in [0.2, 0.25) is 10.0 Å². The molecule has 0 unspecified atom stereocenters. The van der Waals surface area contributed by atoms with E-state index in [9.17, 15) is 13.2 Å². The van der Waals surface area contributed by atoms with Crippen LogP contribution < -0.4 is 0 Å². The first-order valence-corrected chi connectivity index (χ1v) is 6.69. The molecule has 104 valence electrons. The molecular formula is C10H3Cl2F3N4S. The van der Waals surface area contributed by atoms with Crippen LogP contribution in [-0.4, -0.2) is 19.8 Å². The molecule has 0 aliphatic heterocycles. The van der Waals surface area contributed by atoms with Gasteiger partial charge in [-0.2, -0.15) is 22.8 Å². The molecule has 20 heavy (non-hydrogen) atoms. The van der Waals surface area contributed by atoms with Crippen molar-refractivity contribution in [3.63, 3.8) is 0 Å². The van der Waals surface area contributed by atoms with Crippen molar-refractivity contribution in [3.8, 4) is 10.6 Å². The summed E-state index contributed by atoms with van der Waals surface area (Å²) in [4.78, 5) is 0.0309. The second kappa shape index (κ2) is 4.57. The highest BCUT2D eigenvalue weighted by Gasteiger charge is 2.38. The van der Waals surface area contributed by atoms with E-state index in [-0.39, 0.29) is 15.0 Å². The number of benzene rings is 1. The summed E-state index contributed by atoms with van der Waals surface area (Å²) in [5, 5.41) is 11.2. The molecular weight excluding hydrogens is 336 g/mol. The summed E-state index contributed by atoms with van der Waals surface area (Å²) < 4.78 is 38.8. The summed E-state index contributed by atoms with van der Waals surface area (Å²) >= 11 is 12.8. The Kier molecular flexibility index (Phi) is 3.11. The van der Waals surface area contributed by atoms with Crippen LogP contribution in [0.3, 0.4) is 0 Å². The van der Waals surface area contributed by atoms with E-state index in [0.717, 1.165) is 11.3 Å². The molecule has 4 nitrogen and oxygen atoms in total. The number of halogens is 5. The molecule has 0 bridgehead atoms. The zero-order chi connectivity index (χ0) is 14.5. The molecule has 0 aliphatic carbocycles. The van der Waals surface area contributed by atoms with Crippen molar-refractivity contribution in [2.75, 3.05) is 0 Å². The SMILES string of the molecule is FC(F)(F)c1nnc2sc(-c3cccc(Cl)c3Cl)nn12. The summed E-state index contributed by atoms with van der Waals surface area (Å²) in [6, 6.07) is 4.83. The van der Waals surface area contributed by atoms with Gasteiger partial charge in [-0.3, -0.25) is 0 Å². The number of fused-ring (bicyclic) bond motifs is 1. The van der Waals surface area contributed by atoms with Crippen LogP contribution in [0.15, 0.2) is 18.2 Å². The number of hydrogen-bond acceptors (Lipinski definition) is 4. The van der Waals surface area contributed by atoms with E-state index in [0.29, 0.717) is 15.1 Å². The summed E-state index contributed by atoms with van der Waals surface area (Å²) in [5.74, 6) is -1.17. The zero-order valence-electron chi connectivity index (χ0n) is 9.32. The van der Waals surface area contributed by atoms with Crippen LogP contribution >= 0.6 is 34.5 Å². The molecule has 0 saturated carbocycles. The topological polar surface area (TPSA) is 43.1 Å². The maximum Gasteiger partial charge on any atom is 0.453 e. The molecule has 0 amide bonds. The molecule has 0 N–H and O–H groups in total. The third-order valence-electron chi connectivity index (χ3n) is 2.43. The molecule has 2 aromatic heterocycles. The molecule has 0 saturated heterocycles. The van der Waals surface area contributed by atoms with Gasteiger partial charge in [0.1, 0.15) is 5.01 Å². The molecule has 0 spiro atoms. The normalized spacial score (nSPS) is 12.2. The van der Waals surface area contributed by atoms with Crippen LogP contribution in [0.1, 0.15) is 5.82 Å². The van der Waals surface area contributed by atoms with Gasteiger partial charge in [-0.1, -0.05) is 46.7 Å². The molecule has 0 atom stereocenters. The van der Waals surface area contributed by atoms with E-state index >= 15 is 0 Å². The van der Waals surface area contributed by atoms with Crippen LogP contribution in [0.5, 0.6) is 0 Å². The molecule has 3 aromatic rings. The minimum Gasteiger partial charge on any atom is -0.178 e. The predicted molar refractivity (Wildman–Crippen MR) is 69.1 cm³/mol. The highest BCUT2D eigenvalue weighted by Crippen LogP contribution is 2.36. The first kappa shape index (κ1) is 13.6. The van der Waals surface area contributed by atoms with E-state index in [2.05, 4.69) is 15.3 Å². The molecule has 0 fully saturated rings. The summed E-state index contributed by atoms with van der Waals surface area (Å²) in [7, 11) is 0. The predicted octanol–water partition coefficient (Wildman–Crippen LogP) is 4.18. The first-order chi connectivity index (χ1) is 9.38. The average Bonchev–Trinajstić information content (AvgIpc) is 2.90. The standard InChI is InChI=1S/C10H3Cl2F3N4S/c11-5-3-1-2-4(6(5)12)7-18-19-8(10(13,14)15)16-17-9(19)20-7/h1-3H. The first-order valence-electron chi connectivity index (χ1n) is 5.12. The lowest BCUT2D eigenvalue weighted by Crippen LogP contribution is -2.11. The molecule has 1 aromatic carbocycles. The van der Waals surface area contributed by atoms with E-state index in [1.165, 1.54) is 0 Å². The second-order valence-corrected chi connectivity index (χ2v) is 5.47. The lowest BCUT2D eigenvalue weighted by molar-refractivity contribution is -0.146. The summed E-state index contributed by atoms with van der Waals surface area (Å²) in [6.45, 7) is 0. The molecule has 3 rings (SSSR count).